The smallest absolute Gasteiger partial charge is 0.299 e. The summed E-state index contributed by atoms with van der Waals surface area (Å²) in [5.41, 5.74) is 1.01. The number of ether oxygens (including phenoxy) is 1. The first-order valence-corrected chi connectivity index (χ1v) is 9.29. The average molecular weight is 324 g/mol. The molecule has 0 bridgehead atoms. The number of aliphatic imine (C=N–C) groups is 1. The van der Waals surface area contributed by atoms with Gasteiger partial charge in [0.2, 0.25) is 0 Å². The van der Waals surface area contributed by atoms with Crippen LogP contribution in [0.2, 0.25) is 0 Å². The van der Waals surface area contributed by atoms with Crippen molar-refractivity contribution < 1.29 is 13.2 Å². The number of hydrogen-bond donors (Lipinski definition) is 1. The first kappa shape index (κ1) is 16.8. The Morgan fingerprint density at radius 2 is 1.86 bits per heavy atom. The van der Waals surface area contributed by atoms with Crippen LogP contribution in [-0.2, 0) is 14.8 Å². The topological polar surface area (TPSA) is 67.8 Å². The van der Waals surface area contributed by atoms with Crippen molar-refractivity contribution in [2.75, 3.05) is 6.61 Å². The van der Waals surface area contributed by atoms with Gasteiger partial charge in [-0.1, -0.05) is 37.0 Å². The molecule has 6 heteroatoms. The summed E-state index contributed by atoms with van der Waals surface area (Å²) >= 11 is 0. The predicted octanol–water partition coefficient (Wildman–Crippen LogP) is 3.00. The maximum Gasteiger partial charge on any atom is 0.299 e. The third kappa shape index (κ3) is 4.73. The number of rotatable bonds is 4. The minimum atomic E-state index is -3.66. The molecule has 0 atom stereocenters. The number of aryl methyl sites for hydroxylation is 1. The van der Waals surface area contributed by atoms with Gasteiger partial charge in [0.1, 0.15) is 0 Å². The molecule has 1 aromatic rings. The molecule has 1 fully saturated rings. The molecule has 0 radical (unpaired) electrons. The average Bonchev–Trinajstić information content (AvgIpc) is 2.48. The predicted molar refractivity (Wildman–Crippen MR) is 87.4 cm³/mol. The highest BCUT2D eigenvalue weighted by atomic mass is 32.2. The molecule has 2 rings (SSSR count). The molecule has 1 aromatic carbocycles. The fourth-order valence-corrected chi connectivity index (χ4v) is 3.45. The molecule has 5 nitrogen and oxygen atoms in total. The maximum atomic E-state index is 12.4. The van der Waals surface area contributed by atoms with E-state index in [2.05, 4.69) is 9.71 Å². The van der Waals surface area contributed by atoms with Gasteiger partial charge in [0.15, 0.2) is 0 Å². The van der Waals surface area contributed by atoms with E-state index in [0.29, 0.717) is 6.61 Å². The van der Waals surface area contributed by atoms with Crippen molar-refractivity contribution in [3.8, 4) is 0 Å². The Bertz CT molecular complexity index is 603. The molecular weight excluding hydrogens is 300 g/mol. The molecule has 122 valence electrons. The lowest BCUT2D eigenvalue weighted by Crippen LogP contribution is -2.34. The lowest BCUT2D eigenvalue weighted by atomic mass is 9.96. The lowest BCUT2D eigenvalue weighted by molar-refractivity contribution is 0.309. The van der Waals surface area contributed by atoms with Crippen molar-refractivity contribution in [2.24, 2.45) is 4.99 Å². The second-order valence-electron chi connectivity index (χ2n) is 5.58. The van der Waals surface area contributed by atoms with Gasteiger partial charge in [-0.15, -0.1) is 0 Å². The third-order valence-corrected chi connectivity index (χ3v) is 5.04. The van der Waals surface area contributed by atoms with E-state index >= 15 is 0 Å². The number of nitrogens with zero attached hydrogens (tertiary/aromatic N) is 1. The van der Waals surface area contributed by atoms with E-state index in [1.165, 1.54) is 6.42 Å². The zero-order valence-electron chi connectivity index (χ0n) is 13.2. The molecule has 0 heterocycles. The summed E-state index contributed by atoms with van der Waals surface area (Å²) in [6.07, 6.45) is 5.48. The normalized spacial score (nSPS) is 17.3. The summed E-state index contributed by atoms with van der Waals surface area (Å²) < 4.78 is 32.7. The number of amidine groups is 1. The Kier molecular flexibility index (Phi) is 5.83. The number of hydrogen-bond acceptors (Lipinski definition) is 4. The molecule has 22 heavy (non-hydrogen) atoms. The Hall–Kier alpha value is -1.56. The Morgan fingerprint density at radius 1 is 1.23 bits per heavy atom. The Morgan fingerprint density at radius 3 is 2.45 bits per heavy atom. The summed E-state index contributed by atoms with van der Waals surface area (Å²) in [7, 11) is -3.66. The molecule has 0 spiro atoms. The second-order valence-corrected chi connectivity index (χ2v) is 7.26. The van der Waals surface area contributed by atoms with Gasteiger partial charge in [-0.2, -0.15) is 0 Å². The van der Waals surface area contributed by atoms with Crippen LogP contribution < -0.4 is 4.72 Å². The van der Waals surface area contributed by atoms with Crippen LogP contribution in [-0.4, -0.2) is 27.1 Å². The van der Waals surface area contributed by atoms with Crippen LogP contribution in [0.4, 0.5) is 0 Å². The van der Waals surface area contributed by atoms with E-state index in [-0.39, 0.29) is 17.0 Å². The van der Waals surface area contributed by atoms with Gasteiger partial charge in [-0.3, -0.25) is 0 Å². The Balaban J connectivity index is 2.15. The quantitative estimate of drug-likeness (QED) is 0.684. The van der Waals surface area contributed by atoms with Gasteiger partial charge in [0.25, 0.3) is 16.0 Å². The van der Waals surface area contributed by atoms with Gasteiger partial charge in [0.05, 0.1) is 17.5 Å². The van der Waals surface area contributed by atoms with Gasteiger partial charge in [-0.05, 0) is 38.8 Å². The SMILES string of the molecule is CCOC(=NC1CCCCC1)NS(=O)(=O)c1ccc(C)cc1. The van der Waals surface area contributed by atoms with Crippen LogP contribution in [0.5, 0.6) is 0 Å². The molecule has 0 amide bonds. The van der Waals surface area contributed by atoms with Gasteiger partial charge in [-0.25, -0.2) is 18.1 Å². The lowest BCUT2D eigenvalue weighted by Gasteiger charge is -2.19. The van der Waals surface area contributed by atoms with E-state index < -0.39 is 10.0 Å². The molecule has 1 N–H and O–H groups in total. The molecule has 0 aromatic heterocycles. The molecule has 1 aliphatic carbocycles. The first-order chi connectivity index (χ1) is 10.5. The monoisotopic (exact) mass is 324 g/mol. The molecule has 1 saturated carbocycles. The van der Waals surface area contributed by atoms with Crippen LogP contribution in [0.25, 0.3) is 0 Å². The van der Waals surface area contributed by atoms with Gasteiger partial charge >= 0.3 is 0 Å². The largest absolute Gasteiger partial charge is 0.465 e. The molecule has 0 unspecified atom stereocenters. The van der Waals surface area contributed by atoms with Crippen molar-refractivity contribution in [1.29, 1.82) is 0 Å². The van der Waals surface area contributed by atoms with Crippen molar-refractivity contribution in [2.45, 2.75) is 56.9 Å². The fraction of sp³-hybridized carbons (Fsp3) is 0.562. The van der Waals surface area contributed by atoms with Gasteiger partial charge in [0, 0.05) is 0 Å². The van der Waals surface area contributed by atoms with Crippen LogP contribution >= 0.6 is 0 Å². The first-order valence-electron chi connectivity index (χ1n) is 7.81. The van der Waals surface area contributed by atoms with E-state index in [9.17, 15) is 8.42 Å². The van der Waals surface area contributed by atoms with E-state index in [1.54, 1.807) is 24.3 Å². The van der Waals surface area contributed by atoms with Crippen molar-refractivity contribution in [1.82, 2.24) is 4.72 Å². The van der Waals surface area contributed by atoms with E-state index in [4.69, 9.17) is 4.74 Å². The molecular formula is C16H24N2O3S. The van der Waals surface area contributed by atoms with Crippen LogP contribution in [0.3, 0.4) is 0 Å². The number of nitrogens with one attached hydrogen (secondary N) is 1. The summed E-state index contributed by atoms with van der Waals surface area (Å²) in [5, 5.41) is 0. The van der Waals surface area contributed by atoms with Crippen molar-refractivity contribution in [3.05, 3.63) is 29.8 Å². The van der Waals surface area contributed by atoms with Crippen molar-refractivity contribution in [3.63, 3.8) is 0 Å². The maximum absolute atomic E-state index is 12.4. The van der Waals surface area contributed by atoms with E-state index in [0.717, 1.165) is 31.2 Å². The minimum absolute atomic E-state index is 0.106. The van der Waals surface area contributed by atoms with Gasteiger partial charge < -0.3 is 4.74 Å². The highest BCUT2D eigenvalue weighted by Gasteiger charge is 2.19. The summed E-state index contributed by atoms with van der Waals surface area (Å²) in [4.78, 5) is 4.67. The van der Waals surface area contributed by atoms with E-state index in [1.807, 2.05) is 13.8 Å². The molecule has 1 aliphatic rings. The number of benzene rings is 1. The fourth-order valence-electron chi connectivity index (χ4n) is 2.50. The Labute approximate surface area is 132 Å². The second kappa shape index (κ2) is 7.63. The summed E-state index contributed by atoms with van der Waals surface area (Å²) in [6.45, 7) is 4.11. The summed E-state index contributed by atoms with van der Waals surface area (Å²) in [5.74, 6) is 0. The zero-order chi connectivity index (χ0) is 16.0. The van der Waals surface area contributed by atoms with Crippen LogP contribution in [0.15, 0.2) is 34.2 Å². The minimum Gasteiger partial charge on any atom is -0.465 e. The molecule has 0 saturated heterocycles. The zero-order valence-corrected chi connectivity index (χ0v) is 14.0. The van der Waals surface area contributed by atoms with Crippen molar-refractivity contribution >= 4 is 16.0 Å². The summed E-state index contributed by atoms with van der Waals surface area (Å²) in [6, 6.07) is 6.97. The highest BCUT2D eigenvalue weighted by molar-refractivity contribution is 7.90. The number of sulfonamides is 1. The third-order valence-electron chi connectivity index (χ3n) is 3.71. The molecule has 0 aliphatic heterocycles. The standard InChI is InChI=1S/C16H24N2O3S/c1-3-21-16(17-14-7-5-4-6-8-14)18-22(19,20)15-11-9-13(2)10-12-15/h9-12,14H,3-8H2,1-2H3,(H,17,18). The van der Waals surface area contributed by atoms with Crippen LogP contribution in [0, 0.1) is 6.92 Å². The highest BCUT2D eigenvalue weighted by Crippen LogP contribution is 2.20. The van der Waals surface area contributed by atoms with Crippen LogP contribution in [0.1, 0.15) is 44.6 Å².